The van der Waals surface area contributed by atoms with Crippen molar-refractivity contribution in [3.8, 4) is 0 Å². The Balaban J connectivity index is 2.76. The van der Waals surface area contributed by atoms with Crippen molar-refractivity contribution in [2.24, 2.45) is 5.10 Å². The van der Waals surface area contributed by atoms with E-state index >= 15 is 0 Å². The van der Waals surface area contributed by atoms with E-state index in [-0.39, 0.29) is 0 Å². The minimum Gasteiger partial charge on any atom is -0.376 e. The van der Waals surface area contributed by atoms with Crippen molar-refractivity contribution in [3.05, 3.63) is 24.0 Å². The maximum atomic E-state index is 4.89. The standard InChI is InChI=1S/C10H15N5S/c1-11-10(16)14-13-7-8-9(15(2)3)5-4-6-12-8/h4-7H,1-3H3,(H2,11,14,16)/b13-7+. The second-order valence-electron chi connectivity index (χ2n) is 3.25. The van der Waals surface area contributed by atoms with Gasteiger partial charge < -0.3 is 10.2 Å². The van der Waals surface area contributed by atoms with Gasteiger partial charge in [0.1, 0.15) is 5.69 Å². The second-order valence-corrected chi connectivity index (χ2v) is 3.66. The highest BCUT2D eigenvalue weighted by atomic mass is 32.1. The number of hydrogen-bond donors (Lipinski definition) is 2. The fraction of sp³-hybridized carbons (Fsp3) is 0.300. The first-order chi connectivity index (χ1) is 7.65. The van der Waals surface area contributed by atoms with E-state index in [0.717, 1.165) is 11.4 Å². The van der Waals surface area contributed by atoms with Crippen LogP contribution in [0.1, 0.15) is 5.69 Å². The number of nitrogens with zero attached hydrogens (tertiary/aromatic N) is 3. The molecule has 1 aromatic heterocycles. The number of hydrazone groups is 1. The maximum absolute atomic E-state index is 4.89. The highest BCUT2D eigenvalue weighted by Crippen LogP contribution is 2.12. The second kappa shape index (κ2) is 6.02. The number of aromatic nitrogens is 1. The third kappa shape index (κ3) is 3.47. The Morgan fingerprint density at radius 1 is 1.56 bits per heavy atom. The normalized spacial score (nSPS) is 10.2. The molecule has 0 spiro atoms. The number of nitrogens with one attached hydrogen (secondary N) is 2. The van der Waals surface area contributed by atoms with Gasteiger partial charge in [-0.2, -0.15) is 5.10 Å². The predicted molar refractivity (Wildman–Crippen MR) is 71.0 cm³/mol. The van der Waals surface area contributed by atoms with Crippen molar-refractivity contribution in [2.75, 3.05) is 26.0 Å². The van der Waals surface area contributed by atoms with Crippen molar-refractivity contribution in [2.45, 2.75) is 0 Å². The van der Waals surface area contributed by atoms with Crippen LogP contribution in [0.5, 0.6) is 0 Å². The molecule has 6 heteroatoms. The van der Waals surface area contributed by atoms with Crippen molar-refractivity contribution >= 4 is 29.2 Å². The molecule has 1 rings (SSSR count). The van der Waals surface area contributed by atoms with Crippen LogP contribution in [0.2, 0.25) is 0 Å². The molecule has 0 aliphatic heterocycles. The fourth-order valence-corrected chi connectivity index (χ4v) is 1.15. The first-order valence-corrected chi connectivity index (χ1v) is 5.19. The van der Waals surface area contributed by atoms with Crippen LogP contribution in [0.15, 0.2) is 23.4 Å². The van der Waals surface area contributed by atoms with Gasteiger partial charge in [-0.1, -0.05) is 0 Å². The molecule has 0 unspecified atom stereocenters. The summed E-state index contributed by atoms with van der Waals surface area (Å²) in [6.45, 7) is 0. The lowest BCUT2D eigenvalue weighted by Crippen LogP contribution is -2.28. The molecule has 0 amide bonds. The minimum atomic E-state index is 0.471. The number of pyridine rings is 1. The van der Waals surface area contributed by atoms with Crippen LogP contribution in [0, 0.1) is 0 Å². The maximum Gasteiger partial charge on any atom is 0.186 e. The van der Waals surface area contributed by atoms with Crippen molar-refractivity contribution in [1.29, 1.82) is 0 Å². The van der Waals surface area contributed by atoms with Gasteiger partial charge in [0.25, 0.3) is 0 Å². The molecule has 0 aliphatic rings. The molecule has 1 aromatic rings. The third-order valence-electron chi connectivity index (χ3n) is 1.88. The molecular weight excluding hydrogens is 222 g/mol. The van der Waals surface area contributed by atoms with Crippen LogP contribution in [0.25, 0.3) is 0 Å². The number of rotatable bonds is 3. The summed E-state index contributed by atoms with van der Waals surface area (Å²) in [4.78, 5) is 6.20. The van der Waals surface area contributed by atoms with E-state index in [4.69, 9.17) is 12.2 Å². The van der Waals surface area contributed by atoms with Crippen LogP contribution < -0.4 is 15.6 Å². The summed E-state index contributed by atoms with van der Waals surface area (Å²) >= 11 is 4.89. The third-order valence-corrected chi connectivity index (χ3v) is 2.17. The fourth-order valence-electron chi connectivity index (χ4n) is 1.09. The Labute approximate surface area is 101 Å². The minimum absolute atomic E-state index is 0.471. The van der Waals surface area contributed by atoms with Gasteiger partial charge in [0.15, 0.2) is 5.11 Å². The Kier molecular flexibility index (Phi) is 4.65. The SMILES string of the molecule is CNC(=S)N/N=C/c1ncccc1N(C)C. The van der Waals surface area contributed by atoms with E-state index < -0.39 is 0 Å². The lowest BCUT2D eigenvalue weighted by Gasteiger charge is -2.13. The lowest BCUT2D eigenvalue weighted by atomic mass is 10.3. The number of anilines is 1. The number of hydrogen-bond acceptors (Lipinski definition) is 4. The first kappa shape index (κ1) is 12.4. The molecule has 86 valence electrons. The molecule has 0 aromatic carbocycles. The van der Waals surface area contributed by atoms with Crippen LogP contribution in [-0.2, 0) is 0 Å². The highest BCUT2D eigenvalue weighted by molar-refractivity contribution is 7.80. The van der Waals surface area contributed by atoms with Gasteiger partial charge in [0.05, 0.1) is 11.9 Å². The Morgan fingerprint density at radius 2 is 2.31 bits per heavy atom. The lowest BCUT2D eigenvalue weighted by molar-refractivity contribution is 0.979. The molecule has 2 N–H and O–H groups in total. The monoisotopic (exact) mass is 237 g/mol. The molecule has 0 fully saturated rings. The summed E-state index contributed by atoms with van der Waals surface area (Å²) in [6.07, 6.45) is 3.36. The van der Waals surface area contributed by atoms with Crippen molar-refractivity contribution < 1.29 is 0 Å². The molecule has 0 radical (unpaired) electrons. The van der Waals surface area contributed by atoms with E-state index in [1.807, 2.05) is 31.1 Å². The molecule has 1 heterocycles. The van der Waals surface area contributed by atoms with Gasteiger partial charge in [0, 0.05) is 27.3 Å². The van der Waals surface area contributed by atoms with E-state index in [2.05, 4.69) is 20.8 Å². The van der Waals surface area contributed by atoms with Gasteiger partial charge in [-0.3, -0.25) is 10.4 Å². The Bertz CT molecular complexity index is 389. The summed E-state index contributed by atoms with van der Waals surface area (Å²) in [7, 11) is 5.65. The largest absolute Gasteiger partial charge is 0.376 e. The molecular formula is C10H15N5S. The zero-order chi connectivity index (χ0) is 12.0. The quantitative estimate of drug-likeness (QED) is 0.457. The average molecular weight is 237 g/mol. The van der Waals surface area contributed by atoms with E-state index in [1.54, 1.807) is 19.5 Å². The Hall–Kier alpha value is -1.69. The van der Waals surface area contributed by atoms with Gasteiger partial charge in [-0.05, 0) is 24.4 Å². The van der Waals surface area contributed by atoms with Crippen LogP contribution in [0.4, 0.5) is 5.69 Å². The van der Waals surface area contributed by atoms with Crippen molar-refractivity contribution in [1.82, 2.24) is 15.7 Å². The molecule has 0 aliphatic carbocycles. The summed E-state index contributed by atoms with van der Waals surface area (Å²) in [5.74, 6) is 0. The zero-order valence-corrected chi connectivity index (χ0v) is 10.4. The van der Waals surface area contributed by atoms with Crippen LogP contribution in [-0.4, -0.2) is 37.5 Å². The first-order valence-electron chi connectivity index (χ1n) is 4.78. The molecule has 5 nitrogen and oxygen atoms in total. The van der Waals surface area contributed by atoms with Crippen LogP contribution >= 0.6 is 12.2 Å². The molecule has 0 bridgehead atoms. The summed E-state index contributed by atoms with van der Waals surface area (Å²) in [6, 6.07) is 3.86. The smallest absolute Gasteiger partial charge is 0.186 e. The van der Waals surface area contributed by atoms with Gasteiger partial charge in [-0.25, -0.2) is 0 Å². The topological polar surface area (TPSA) is 52.6 Å². The summed E-state index contributed by atoms with van der Waals surface area (Å²) < 4.78 is 0. The highest BCUT2D eigenvalue weighted by Gasteiger charge is 2.01. The molecule has 0 saturated carbocycles. The number of thiocarbonyl (C=S) groups is 1. The van der Waals surface area contributed by atoms with Crippen molar-refractivity contribution in [3.63, 3.8) is 0 Å². The van der Waals surface area contributed by atoms with E-state index in [1.165, 1.54) is 0 Å². The Morgan fingerprint density at radius 3 is 2.94 bits per heavy atom. The van der Waals surface area contributed by atoms with Gasteiger partial charge in [0.2, 0.25) is 0 Å². The molecule has 0 atom stereocenters. The van der Waals surface area contributed by atoms with E-state index in [9.17, 15) is 0 Å². The molecule has 0 saturated heterocycles. The molecule has 16 heavy (non-hydrogen) atoms. The van der Waals surface area contributed by atoms with Crippen LogP contribution in [0.3, 0.4) is 0 Å². The average Bonchev–Trinajstić information content (AvgIpc) is 2.29. The van der Waals surface area contributed by atoms with Gasteiger partial charge in [-0.15, -0.1) is 0 Å². The predicted octanol–water partition coefficient (Wildman–Crippen LogP) is 0.575. The summed E-state index contributed by atoms with van der Waals surface area (Å²) in [5, 5.41) is 7.22. The van der Waals surface area contributed by atoms with E-state index in [0.29, 0.717) is 5.11 Å². The zero-order valence-electron chi connectivity index (χ0n) is 9.56. The van der Waals surface area contributed by atoms with Gasteiger partial charge >= 0.3 is 0 Å². The summed E-state index contributed by atoms with van der Waals surface area (Å²) in [5.41, 5.74) is 4.47.